The monoisotopic (exact) mass is 645 g/mol. The Bertz CT molecular complexity index is 738. The van der Waals surface area contributed by atoms with Gasteiger partial charge in [0, 0.05) is 0 Å². The molecule has 0 nitrogen and oxygen atoms in total. The van der Waals surface area contributed by atoms with E-state index in [1.54, 1.807) is 0 Å². The molecule has 0 N–H and O–H groups in total. The quantitative estimate of drug-likeness (QED) is 0.247. The van der Waals surface area contributed by atoms with Gasteiger partial charge in [0.1, 0.15) is 0 Å². The molecule has 0 aromatic heterocycles. The molecule has 0 heteroatoms. The molecule has 0 bridgehead atoms. The van der Waals surface area contributed by atoms with Crippen LogP contribution < -0.4 is 0 Å². The van der Waals surface area contributed by atoms with Crippen molar-refractivity contribution < 1.29 is 0 Å². The molecule has 1 aromatic carbocycles. The van der Waals surface area contributed by atoms with E-state index in [0.29, 0.717) is 32.5 Å². The summed E-state index contributed by atoms with van der Waals surface area (Å²) in [4.78, 5) is 0. The second-order valence-electron chi connectivity index (χ2n) is 21.2. The van der Waals surface area contributed by atoms with Crippen molar-refractivity contribution in [3.8, 4) is 0 Å². The molecular weight excluding hydrogens is 553 g/mol. The van der Waals surface area contributed by atoms with Crippen LogP contribution in [0.15, 0.2) is 55.6 Å². The Balaban J connectivity index is -0.000000149. The van der Waals surface area contributed by atoms with Crippen molar-refractivity contribution in [3.05, 3.63) is 61.2 Å². The Labute approximate surface area is 296 Å². The normalized spacial score (nSPS) is 11.9. The number of benzene rings is 1. The van der Waals surface area contributed by atoms with Gasteiger partial charge in [-0.1, -0.05) is 213 Å². The predicted octanol–water partition coefficient (Wildman–Crippen LogP) is 16.8. The minimum Gasteiger partial charge on any atom is -0.103 e. The third-order valence-electron chi connectivity index (χ3n) is 5.84. The Hall–Kier alpha value is -1.30. The van der Waals surface area contributed by atoms with Gasteiger partial charge in [0.05, 0.1) is 0 Å². The molecule has 0 aliphatic rings. The zero-order valence-corrected chi connectivity index (χ0v) is 36.6. The summed E-state index contributed by atoms with van der Waals surface area (Å²) in [5.74, 6) is 1.64. The minimum atomic E-state index is 0.338. The van der Waals surface area contributed by atoms with Crippen molar-refractivity contribution in [1.82, 2.24) is 0 Å². The van der Waals surface area contributed by atoms with Gasteiger partial charge in [-0.25, -0.2) is 0 Å². The third kappa shape index (κ3) is 78.8. The lowest BCUT2D eigenvalue weighted by molar-refractivity contribution is 0.233. The lowest BCUT2D eigenvalue weighted by Gasteiger charge is -2.28. The van der Waals surface area contributed by atoms with E-state index < -0.39 is 0 Å². The molecule has 276 valence electrons. The van der Waals surface area contributed by atoms with Gasteiger partial charge in [0.25, 0.3) is 0 Å². The number of rotatable bonds is 8. The van der Waals surface area contributed by atoms with Crippen LogP contribution in [-0.2, 0) is 0 Å². The van der Waals surface area contributed by atoms with E-state index >= 15 is 0 Å². The number of allylic oxidation sites excluding steroid dienone is 2. The maximum Gasteiger partial charge on any atom is -0.0177 e. The molecule has 0 aliphatic carbocycles. The van der Waals surface area contributed by atoms with Crippen LogP contribution in [0.4, 0.5) is 0 Å². The first kappa shape index (κ1) is 54.2. The topological polar surface area (TPSA) is 0 Å². The molecule has 0 spiro atoms. The highest BCUT2D eigenvalue weighted by Crippen LogP contribution is 2.32. The van der Waals surface area contributed by atoms with Crippen molar-refractivity contribution in [1.29, 1.82) is 0 Å². The summed E-state index contributed by atoms with van der Waals surface area (Å²) in [6.07, 6.45) is 10.5. The molecule has 0 amide bonds. The molecule has 0 unspecified atom stereocenters. The standard InChI is InChI=1S/2C10H20.C9H20.C7H8.2C5H12/c2*1-6-10(4,5)8-7-9(2)3;1-8(2,3)7-9(4,5)6;1-7-5-3-2-4-6-7;2*1-5(2,3)4/h2*6,9H,1,7-8H2,2-5H3;7H2,1-6H3;2-6H,1H3;2*1-4H3. The van der Waals surface area contributed by atoms with Crippen LogP contribution in [0, 0.1) is 51.2 Å². The van der Waals surface area contributed by atoms with Crippen molar-refractivity contribution in [2.45, 2.75) is 191 Å². The van der Waals surface area contributed by atoms with E-state index in [0.717, 1.165) is 11.8 Å². The number of hydrogen-bond acceptors (Lipinski definition) is 0. The Morgan fingerprint density at radius 3 is 0.848 bits per heavy atom. The summed E-state index contributed by atoms with van der Waals surface area (Å²) in [7, 11) is 0. The summed E-state index contributed by atoms with van der Waals surface area (Å²) in [5, 5.41) is 0. The molecule has 1 rings (SSSR count). The fourth-order valence-electron chi connectivity index (χ4n) is 3.65. The van der Waals surface area contributed by atoms with E-state index in [9.17, 15) is 0 Å². The Morgan fingerprint density at radius 2 is 0.739 bits per heavy atom. The minimum absolute atomic E-state index is 0.338. The average Bonchev–Trinajstić information content (AvgIpc) is 2.79. The largest absolute Gasteiger partial charge is 0.103 e. The Kier molecular flexibility index (Phi) is 30.2. The summed E-state index contributed by atoms with van der Waals surface area (Å²) < 4.78 is 0. The second kappa shape index (κ2) is 25.7. The molecule has 0 aliphatic heterocycles. The van der Waals surface area contributed by atoms with Gasteiger partial charge in [-0.05, 0) is 70.5 Å². The molecule has 0 saturated carbocycles. The molecule has 0 radical (unpaired) electrons. The third-order valence-corrected chi connectivity index (χ3v) is 5.84. The lowest BCUT2D eigenvalue weighted by Crippen LogP contribution is -2.16. The molecule has 1 aromatic rings. The zero-order chi connectivity index (χ0) is 38.2. The van der Waals surface area contributed by atoms with Gasteiger partial charge in [0.15, 0.2) is 0 Å². The van der Waals surface area contributed by atoms with Crippen molar-refractivity contribution in [3.63, 3.8) is 0 Å². The van der Waals surface area contributed by atoms with E-state index in [1.807, 2.05) is 18.2 Å². The highest BCUT2D eigenvalue weighted by Gasteiger charge is 2.20. The molecule has 0 fully saturated rings. The average molecular weight is 645 g/mol. The predicted molar refractivity (Wildman–Crippen MR) is 221 cm³/mol. The van der Waals surface area contributed by atoms with Crippen molar-refractivity contribution >= 4 is 0 Å². The molecule has 46 heavy (non-hydrogen) atoms. The van der Waals surface area contributed by atoms with Crippen LogP contribution >= 0.6 is 0 Å². The van der Waals surface area contributed by atoms with E-state index in [2.05, 4.69) is 197 Å². The highest BCUT2D eigenvalue weighted by molar-refractivity contribution is 5.11. The first-order valence-electron chi connectivity index (χ1n) is 18.3. The maximum atomic E-state index is 3.81. The smallest absolute Gasteiger partial charge is 0.0177 e. The van der Waals surface area contributed by atoms with E-state index in [-0.39, 0.29) is 0 Å². The van der Waals surface area contributed by atoms with E-state index in [4.69, 9.17) is 0 Å². The molecule has 0 saturated heterocycles. The fraction of sp³-hybridized carbons (Fsp3) is 0.783. The lowest BCUT2D eigenvalue weighted by atomic mass is 9.78. The van der Waals surface area contributed by atoms with Gasteiger partial charge >= 0.3 is 0 Å². The van der Waals surface area contributed by atoms with Crippen LogP contribution in [-0.4, -0.2) is 0 Å². The molecule has 0 heterocycles. The van der Waals surface area contributed by atoms with E-state index in [1.165, 1.54) is 37.7 Å². The summed E-state index contributed by atoms with van der Waals surface area (Å²) in [6.45, 7) is 58.9. The van der Waals surface area contributed by atoms with Crippen LogP contribution in [0.3, 0.4) is 0 Å². The van der Waals surface area contributed by atoms with Gasteiger partial charge in [0.2, 0.25) is 0 Å². The van der Waals surface area contributed by atoms with Crippen molar-refractivity contribution in [2.24, 2.45) is 44.3 Å². The molecular formula is C46H92. The molecule has 0 atom stereocenters. The van der Waals surface area contributed by atoms with Crippen molar-refractivity contribution in [2.75, 3.05) is 0 Å². The van der Waals surface area contributed by atoms with Crippen LogP contribution in [0.5, 0.6) is 0 Å². The summed E-state index contributed by atoms with van der Waals surface area (Å²) in [5.41, 5.74) is 3.97. The SMILES string of the molecule is C=CC(C)(C)CCC(C)C.C=CC(C)(C)CCC(C)C.CC(C)(C)C.CC(C)(C)C.CC(C)(C)CC(C)(C)C.Cc1ccccc1. The Morgan fingerprint density at radius 1 is 0.500 bits per heavy atom. The number of hydrogen-bond donors (Lipinski definition) is 0. The van der Waals surface area contributed by atoms with Gasteiger partial charge < -0.3 is 0 Å². The van der Waals surface area contributed by atoms with Crippen LogP contribution in [0.25, 0.3) is 0 Å². The number of aryl methyl sites for hydroxylation is 1. The van der Waals surface area contributed by atoms with Gasteiger partial charge in [-0.3, -0.25) is 0 Å². The fourth-order valence-corrected chi connectivity index (χ4v) is 3.65. The van der Waals surface area contributed by atoms with Gasteiger partial charge in [-0.15, -0.1) is 13.2 Å². The van der Waals surface area contributed by atoms with Crippen LogP contribution in [0.2, 0.25) is 0 Å². The first-order chi connectivity index (χ1) is 20.1. The summed E-state index contributed by atoms with van der Waals surface area (Å²) >= 11 is 0. The second-order valence-corrected chi connectivity index (χ2v) is 21.2. The summed E-state index contributed by atoms with van der Waals surface area (Å²) in [6, 6.07) is 10.3. The first-order valence-corrected chi connectivity index (χ1v) is 18.3. The zero-order valence-electron chi connectivity index (χ0n) is 36.6. The van der Waals surface area contributed by atoms with Gasteiger partial charge in [-0.2, -0.15) is 0 Å². The maximum absolute atomic E-state index is 3.81. The highest BCUT2D eigenvalue weighted by atomic mass is 14.3. The van der Waals surface area contributed by atoms with Crippen LogP contribution in [0.1, 0.15) is 190 Å².